The summed E-state index contributed by atoms with van der Waals surface area (Å²) in [4.78, 5) is 13.5. The molecule has 5 nitrogen and oxygen atoms in total. The normalized spacial score (nSPS) is 16.8. The number of nitrogens with zero attached hydrogens (tertiary/aromatic N) is 2. The standard InChI is InChI=1S/C14H18Cl2N2O3S/c1-2-4-13(19)17-7-9-18(10-8-17)22(20,21)14-11(15)5-3-6-12(14)16/h3,5-6H,2,4,7-10H2,1H3. The summed E-state index contributed by atoms with van der Waals surface area (Å²) in [5.41, 5.74) is 0. The van der Waals surface area contributed by atoms with Gasteiger partial charge < -0.3 is 4.90 Å². The van der Waals surface area contributed by atoms with E-state index in [1.807, 2.05) is 6.92 Å². The van der Waals surface area contributed by atoms with E-state index in [-0.39, 0.29) is 33.9 Å². The Hall–Kier alpha value is -0.820. The lowest BCUT2D eigenvalue weighted by Gasteiger charge is -2.34. The molecule has 1 aliphatic rings. The highest BCUT2D eigenvalue weighted by atomic mass is 35.5. The maximum absolute atomic E-state index is 12.7. The van der Waals surface area contributed by atoms with Gasteiger partial charge in [-0.15, -0.1) is 0 Å². The molecular weight excluding hydrogens is 347 g/mol. The Kier molecular flexibility index (Phi) is 5.71. The summed E-state index contributed by atoms with van der Waals surface area (Å²) in [5, 5.41) is 0.217. The van der Waals surface area contributed by atoms with E-state index in [1.54, 1.807) is 11.0 Å². The van der Waals surface area contributed by atoms with Crippen molar-refractivity contribution in [3.8, 4) is 0 Å². The average molecular weight is 365 g/mol. The molecule has 1 amide bonds. The molecule has 0 unspecified atom stereocenters. The van der Waals surface area contributed by atoms with Gasteiger partial charge in [0.2, 0.25) is 15.9 Å². The molecule has 1 heterocycles. The third-order valence-corrected chi connectivity index (χ3v) is 6.43. The molecule has 1 fully saturated rings. The van der Waals surface area contributed by atoms with Crippen LogP contribution in [-0.4, -0.2) is 49.7 Å². The fourth-order valence-electron chi connectivity index (χ4n) is 2.41. The lowest BCUT2D eigenvalue weighted by Crippen LogP contribution is -2.50. The van der Waals surface area contributed by atoms with E-state index >= 15 is 0 Å². The number of hydrogen-bond donors (Lipinski definition) is 0. The first-order chi connectivity index (χ1) is 10.4. The number of carbonyl (C=O) groups excluding carboxylic acids is 1. The van der Waals surface area contributed by atoms with Crippen molar-refractivity contribution < 1.29 is 13.2 Å². The Morgan fingerprint density at radius 2 is 1.68 bits per heavy atom. The highest BCUT2D eigenvalue weighted by Gasteiger charge is 2.32. The predicted molar refractivity (Wildman–Crippen MR) is 86.7 cm³/mol. The summed E-state index contributed by atoms with van der Waals surface area (Å²) >= 11 is 12.0. The van der Waals surface area contributed by atoms with Crippen molar-refractivity contribution in [3.63, 3.8) is 0 Å². The number of sulfonamides is 1. The van der Waals surface area contributed by atoms with Gasteiger partial charge in [-0.25, -0.2) is 8.42 Å². The molecule has 1 aromatic carbocycles. The van der Waals surface area contributed by atoms with Crippen LogP contribution < -0.4 is 0 Å². The van der Waals surface area contributed by atoms with Gasteiger partial charge >= 0.3 is 0 Å². The molecule has 1 aromatic rings. The molecule has 0 aromatic heterocycles. The highest BCUT2D eigenvalue weighted by Crippen LogP contribution is 2.31. The van der Waals surface area contributed by atoms with Crippen LogP contribution in [0.2, 0.25) is 10.0 Å². The van der Waals surface area contributed by atoms with Crippen LogP contribution in [-0.2, 0) is 14.8 Å². The average Bonchev–Trinajstić information content (AvgIpc) is 2.47. The van der Waals surface area contributed by atoms with E-state index in [1.165, 1.54) is 16.4 Å². The maximum atomic E-state index is 12.7. The van der Waals surface area contributed by atoms with E-state index in [9.17, 15) is 13.2 Å². The highest BCUT2D eigenvalue weighted by molar-refractivity contribution is 7.89. The lowest BCUT2D eigenvalue weighted by atomic mass is 10.2. The van der Waals surface area contributed by atoms with E-state index in [0.717, 1.165) is 6.42 Å². The Morgan fingerprint density at radius 3 is 2.18 bits per heavy atom. The largest absolute Gasteiger partial charge is 0.340 e. The first-order valence-electron chi connectivity index (χ1n) is 7.10. The Balaban J connectivity index is 2.15. The lowest BCUT2D eigenvalue weighted by molar-refractivity contribution is -0.132. The van der Waals surface area contributed by atoms with Crippen LogP contribution in [0.25, 0.3) is 0 Å². The fourth-order valence-corrected chi connectivity index (χ4v) is 4.92. The minimum atomic E-state index is -3.75. The van der Waals surface area contributed by atoms with Crippen LogP contribution in [0.15, 0.2) is 23.1 Å². The van der Waals surface area contributed by atoms with Gasteiger partial charge in [-0.1, -0.05) is 36.2 Å². The SMILES string of the molecule is CCCC(=O)N1CCN(S(=O)(=O)c2c(Cl)cccc2Cl)CC1. The molecule has 0 N–H and O–H groups in total. The van der Waals surface area contributed by atoms with Crippen LogP contribution in [0.4, 0.5) is 0 Å². The third kappa shape index (κ3) is 3.56. The molecular formula is C14H18Cl2N2O3S. The summed E-state index contributed by atoms with van der Waals surface area (Å²) in [6.45, 7) is 3.22. The quantitative estimate of drug-likeness (QED) is 0.824. The molecule has 8 heteroatoms. The smallest absolute Gasteiger partial charge is 0.246 e. The second-order valence-electron chi connectivity index (χ2n) is 5.09. The molecule has 2 rings (SSSR count). The minimum absolute atomic E-state index is 0.0633. The molecule has 1 aliphatic heterocycles. The van der Waals surface area contributed by atoms with Crippen molar-refractivity contribution in [2.24, 2.45) is 0 Å². The Labute approximate surface area is 140 Å². The van der Waals surface area contributed by atoms with Crippen molar-refractivity contribution in [2.75, 3.05) is 26.2 Å². The van der Waals surface area contributed by atoms with Gasteiger partial charge in [0.15, 0.2) is 0 Å². The number of hydrogen-bond acceptors (Lipinski definition) is 3. The Morgan fingerprint density at radius 1 is 1.14 bits per heavy atom. The van der Waals surface area contributed by atoms with Gasteiger partial charge in [-0.3, -0.25) is 4.79 Å². The zero-order valence-electron chi connectivity index (χ0n) is 12.3. The predicted octanol–water partition coefficient (Wildman–Crippen LogP) is 2.63. The van der Waals surface area contributed by atoms with Crippen molar-refractivity contribution in [1.82, 2.24) is 9.21 Å². The molecule has 0 saturated carbocycles. The van der Waals surface area contributed by atoms with Gasteiger partial charge in [0.25, 0.3) is 0 Å². The summed E-state index contributed by atoms with van der Waals surface area (Å²) in [5.74, 6) is 0.0651. The summed E-state index contributed by atoms with van der Waals surface area (Å²) in [7, 11) is -3.75. The van der Waals surface area contributed by atoms with Crippen LogP contribution in [0, 0.1) is 0 Å². The van der Waals surface area contributed by atoms with Crippen LogP contribution in [0.5, 0.6) is 0 Å². The van der Waals surface area contributed by atoms with Crippen molar-refractivity contribution >= 4 is 39.1 Å². The maximum Gasteiger partial charge on any atom is 0.246 e. The Bertz CT molecular complexity index is 636. The molecule has 0 radical (unpaired) electrons. The molecule has 0 spiro atoms. The number of benzene rings is 1. The summed E-state index contributed by atoms with van der Waals surface area (Å²) in [6.07, 6.45) is 1.27. The summed E-state index contributed by atoms with van der Waals surface area (Å²) in [6, 6.07) is 4.60. The van der Waals surface area contributed by atoms with Crippen molar-refractivity contribution in [1.29, 1.82) is 0 Å². The number of rotatable bonds is 4. The number of amides is 1. The number of halogens is 2. The van der Waals surface area contributed by atoms with Gasteiger partial charge in [0.05, 0.1) is 10.0 Å². The van der Waals surface area contributed by atoms with E-state index in [2.05, 4.69) is 0 Å². The molecule has 0 aliphatic carbocycles. The first kappa shape index (κ1) is 17.5. The second kappa shape index (κ2) is 7.17. The third-order valence-electron chi connectivity index (χ3n) is 3.57. The first-order valence-corrected chi connectivity index (χ1v) is 9.29. The molecule has 122 valence electrons. The molecule has 1 saturated heterocycles. The van der Waals surface area contributed by atoms with Gasteiger partial charge in [0, 0.05) is 32.6 Å². The van der Waals surface area contributed by atoms with Gasteiger partial charge in [0.1, 0.15) is 4.90 Å². The van der Waals surface area contributed by atoms with Crippen molar-refractivity contribution in [2.45, 2.75) is 24.7 Å². The van der Waals surface area contributed by atoms with Crippen LogP contribution in [0.1, 0.15) is 19.8 Å². The number of carbonyl (C=O) groups is 1. The minimum Gasteiger partial charge on any atom is -0.340 e. The second-order valence-corrected chi connectivity index (χ2v) is 7.77. The molecule has 0 atom stereocenters. The number of piperazine rings is 1. The van der Waals surface area contributed by atoms with E-state index in [4.69, 9.17) is 23.2 Å². The van der Waals surface area contributed by atoms with Crippen LogP contribution in [0.3, 0.4) is 0 Å². The van der Waals surface area contributed by atoms with E-state index in [0.29, 0.717) is 19.5 Å². The van der Waals surface area contributed by atoms with Crippen molar-refractivity contribution in [3.05, 3.63) is 28.2 Å². The van der Waals surface area contributed by atoms with Gasteiger partial charge in [-0.05, 0) is 18.6 Å². The van der Waals surface area contributed by atoms with Crippen LogP contribution >= 0.6 is 23.2 Å². The molecule has 22 heavy (non-hydrogen) atoms. The fraction of sp³-hybridized carbons (Fsp3) is 0.500. The topological polar surface area (TPSA) is 57.7 Å². The monoisotopic (exact) mass is 364 g/mol. The molecule has 0 bridgehead atoms. The zero-order valence-corrected chi connectivity index (χ0v) is 14.6. The van der Waals surface area contributed by atoms with Gasteiger partial charge in [-0.2, -0.15) is 4.31 Å². The summed E-state index contributed by atoms with van der Waals surface area (Å²) < 4.78 is 26.7. The zero-order chi connectivity index (χ0) is 16.3. The van der Waals surface area contributed by atoms with E-state index < -0.39 is 10.0 Å².